The summed E-state index contributed by atoms with van der Waals surface area (Å²) < 4.78 is 0. The quantitative estimate of drug-likeness (QED) is 0.515. The smallest absolute Gasteiger partial charge is 0.342 e. The Labute approximate surface area is 106 Å². The third-order valence-corrected chi connectivity index (χ3v) is 2.49. The van der Waals surface area contributed by atoms with Gasteiger partial charge >= 0.3 is 5.97 Å². The molecule has 0 fully saturated rings. The van der Waals surface area contributed by atoms with Crippen LogP contribution in [-0.2, 0) is 0 Å². The van der Waals surface area contributed by atoms with E-state index < -0.39 is 16.6 Å². The van der Waals surface area contributed by atoms with Gasteiger partial charge in [0.25, 0.3) is 5.69 Å². The Bertz CT molecular complexity index is 471. The Morgan fingerprint density at radius 3 is 2.76 bits per heavy atom. The zero-order chi connectivity index (χ0) is 12.8. The largest absolute Gasteiger partial charge is 0.477 e. The summed E-state index contributed by atoms with van der Waals surface area (Å²) in [5.74, 6) is -1.30. The predicted molar refractivity (Wildman–Crippen MR) is 67.5 cm³/mol. The molecule has 5 nitrogen and oxygen atoms in total. The van der Waals surface area contributed by atoms with Crippen molar-refractivity contribution in [1.29, 1.82) is 0 Å². The van der Waals surface area contributed by atoms with E-state index >= 15 is 0 Å². The number of allylic oxidation sites excluding steroid dienone is 1. The molecule has 0 bridgehead atoms. The molecule has 0 aliphatic rings. The number of carboxylic acids is 1. The lowest BCUT2D eigenvalue weighted by molar-refractivity contribution is -0.385. The average molecular weight is 300 g/mol. The number of nitrogens with zero attached hydrogens (tertiary/aromatic N) is 1. The molecule has 1 aromatic carbocycles. The fourth-order valence-electron chi connectivity index (χ4n) is 1.27. The molecule has 0 heterocycles. The van der Waals surface area contributed by atoms with Crippen LogP contribution >= 0.6 is 15.9 Å². The lowest BCUT2D eigenvalue weighted by Crippen LogP contribution is -2.02. The Morgan fingerprint density at radius 2 is 2.24 bits per heavy atom. The molecule has 0 atom stereocenters. The van der Waals surface area contributed by atoms with Gasteiger partial charge in [0.2, 0.25) is 0 Å². The van der Waals surface area contributed by atoms with Crippen LogP contribution in [0.15, 0.2) is 24.3 Å². The molecule has 1 rings (SSSR count). The molecule has 0 amide bonds. The molecule has 1 aromatic rings. The van der Waals surface area contributed by atoms with Crippen LogP contribution in [-0.4, -0.2) is 21.3 Å². The Hall–Kier alpha value is -1.69. The van der Waals surface area contributed by atoms with Crippen LogP contribution in [0.25, 0.3) is 6.08 Å². The van der Waals surface area contributed by atoms with Gasteiger partial charge in [-0.05, 0) is 24.1 Å². The van der Waals surface area contributed by atoms with E-state index in [2.05, 4.69) is 15.9 Å². The van der Waals surface area contributed by atoms with Gasteiger partial charge in [0.15, 0.2) is 0 Å². The van der Waals surface area contributed by atoms with Gasteiger partial charge < -0.3 is 5.11 Å². The van der Waals surface area contributed by atoms with Crippen molar-refractivity contribution in [1.82, 2.24) is 0 Å². The normalized spacial score (nSPS) is 10.6. The molecule has 0 saturated heterocycles. The maximum absolute atomic E-state index is 10.9. The molecule has 0 aliphatic carbocycles. The first-order chi connectivity index (χ1) is 8.06. The summed E-state index contributed by atoms with van der Waals surface area (Å²) in [6.45, 7) is 0. The summed E-state index contributed by atoms with van der Waals surface area (Å²) in [6, 6.07) is 4.03. The van der Waals surface area contributed by atoms with E-state index in [-0.39, 0.29) is 5.56 Å². The van der Waals surface area contributed by atoms with Crippen molar-refractivity contribution >= 4 is 33.7 Å². The fraction of sp³-hybridized carbons (Fsp3) is 0.182. The van der Waals surface area contributed by atoms with Crippen molar-refractivity contribution in [2.24, 2.45) is 0 Å². The molecule has 17 heavy (non-hydrogen) atoms. The van der Waals surface area contributed by atoms with Crippen molar-refractivity contribution in [2.45, 2.75) is 6.42 Å². The van der Waals surface area contributed by atoms with E-state index in [1.807, 2.05) is 6.08 Å². The van der Waals surface area contributed by atoms with Crippen molar-refractivity contribution in [2.75, 3.05) is 5.33 Å². The number of nitro groups is 1. The minimum absolute atomic E-state index is 0.295. The number of hydrogen-bond acceptors (Lipinski definition) is 3. The van der Waals surface area contributed by atoms with Crippen LogP contribution in [0.3, 0.4) is 0 Å². The summed E-state index contributed by atoms with van der Waals surface area (Å²) in [7, 11) is 0. The molecule has 0 radical (unpaired) electrons. The van der Waals surface area contributed by atoms with Gasteiger partial charge in [0.05, 0.1) is 4.92 Å². The molecule has 1 N–H and O–H groups in total. The van der Waals surface area contributed by atoms with Gasteiger partial charge in [-0.1, -0.05) is 28.1 Å². The number of alkyl halides is 1. The topological polar surface area (TPSA) is 80.4 Å². The van der Waals surface area contributed by atoms with Gasteiger partial charge in [-0.25, -0.2) is 4.79 Å². The standard InChI is InChI=1S/C11H10BrNO4/c12-6-2-1-3-8-4-5-10(13(16)17)9(7-8)11(14)15/h1,3-5,7H,2,6H2,(H,14,15). The molecule has 6 heteroatoms. The molecular formula is C11H10BrNO4. The fourth-order valence-corrected chi connectivity index (χ4v) is 1.53. The van der Waals surface area contributed by atoms with Crippen LogP contribution in [0.5, 0.6) is 0 Å². The third-order valence-electron chi connectivity index (χ3n) is 2.03. The average Bonchev–Trinajstić information content (AvgIpc) is 2.29. The highest BCUT2D eigenvalue weighted by atomic mass is 79.9. The summed E-state index contributed by atoms with van der Waals surface area (Å²) in [5.41, 5.74) is -0.0555. The van der Waals surface area contributed by atoms with Gasteiger partial charge in [0, 0.05) is 11.4 Å². The first kappa shape index (κ1) is 13.4. The molecule has 0 unspecified atom stereocenters. The minimum atomic E-state index is -1.30. The Morgan fingerprint density at radius 1 is 1.53 bits per heavy atom. The monoisotopic (exact) mass is 299 g/mol. The van der Waals surface area contributed by atoms with Crippen molar-refractivity contribution < 1.29 is 14.8 Å². The second kappa shape index (κ2) is 6.15. The lowest BCUT2D eigenvalue weighted by Gasteiger charge is -1.99. The SMILES string of the molecule is O=C(O)c1cc(C=CCCBr)ccc1[N+](=O)[O-]. The highest BCUT2D eigenvalue weighted by molar-refractivity contribution is 9.09. The molecule has 0 saturated carbocycles. The van der Waals surface area contributed by atoms with Gasteiger partial charge in [-0.2, -0.15) is 0 Å². The van der Waals surface area contributed by atoms with Gasteiger partial charge in [-0.3, -0.25) is 10.1 Å². The van der Waals surface area contributed by atoms with Crippen molar-refractivity contribution in [3.8, 4) is 0 Å². The van der Waals surface area contributed by atoms with Crippen LogP contribution in [0, 0.1) is 10.1 Å². The number of halogens is 1. The predicted octanol–water partition coefficient (Wildman–Crippen LogP) is 3.09. The van der Waals surface area contributed by atoms with Crippen LogP contribution in [0.1, 0.15) is 22.3 Å². The van der Waals surface area contributed by atoms with E-state index in [1.165, 1.54) is 18.2 Å². The number of benzene rings is 1. The summed E-state index contributed by atoms with van der Waals surface area (Å²) in [6.07, 6.45) is 4.40. The molecule has 0 spiro atoms. The Kier molecular flexibility index (Phi) is 4.84. The second-order valence-electron chi connectivity index (χ2n) is 3.22. The number of carboxylic acid groups (broad SMARTS) is 1. The first-order valence-corrected chi connectivity index (χ1v) is 5.92. The Balaban J connectivity index is 3.10. The van der Waals surface area contributed by atoms with Gasteiger partial charge in [0.1, 0.15) is 5.56 Å². The number of aromatic carboxylic acids is 1. The second-order valence-corrected chi connectivity index (χ2v) is 4.01. The van der Waals surface area contributed by atoms with Crippen molar-refractivity contribution in [3.63, 3.8) is 0 Å². The van der Waals surface area contributed by atoms with Crippen LogP contribution < -0.4 is 0 Å². The van der Waals surface area contributed by atoms with E-state index in [1.54, 1.807) is 6.08 Å². The van der Waals surface area contributed by atoms with Crippen LogP contribution in [0.4, 0.5) is 5.69 Å². The maximum atomic E-state index is 10.9. The molecule has 0 aliphatic heterocycles. The lowest BCUT2D eigenvalue weighted by atomic mass is 10.1. The van der Waals surface area contributed by atoms with E-state index in [0.717, 1.165) is 11.8 Å². The molecular weight excluding hydrogens is 290 g/mol. The number of nitro benzene ring substituents is 1. The molecule has 90 valence electrons. The first-order valence-electron chi connectivity index (χ1n) is 4.80. The zero-order valence-corrected chi connectivity index (χ0v) is 10.4. The highest BCUT2D eigenvalue weighted by Gasteiger charge is 2.19. The number of carbonyl (C=O) groups is 1. The highest BCUT2D eigenvalue weighted by Crippen LogP contribution is 2.20. The van der Waals surface area contributed by atoms with E-state index in [9.17, 15) is 14.9 Å². The summed E-state index contributed by atoms with van der Waals surface area (Å²) in [5, 5.41) is 20.3. The number of rotatable bonds is 5. The van der Waals surface area contributed by atoms with E-state index in [0.29, 0.717) is 5.56 Å². The van der Waals surface area contributed by atoms with Crippen LogP contribution in [0.2, 0.25) is 0 Å². The summed E-state index contributed by atoms with van der Waals surface area (Å²) >= 11 is 3.26. The van der Waals surface area contributed by atoms with Crippen molar-refractivity contribution in [3.05, 3.63) is 45.5 Å². The van der Waals surface area contributed by atoms with E-state index in [4.69, 9.17) is 5.11 Å². The third kappa shape index (κ3) is 3.67. The number of hydrogen-bond donors (Lipinski definition) is 1. The zero-order valence-electron chi connectivity index (χ0n) is 8.80. The van der Waals surface area contributed by atoms with Gasteiger partial charge in [-0.15, -0.1) is 0 Å². The minimum Gasteiger partial charge on any atom is -0.477 e. The maximum Gasteiger partial charge on any atom is 0.342 e. The summed E-state index contributed by atoms with van der Waals surface area (Å²) in [4.78, 5) is 20.8. The molecule has 0 aromatic heterocycles.